The molecular formula is C19H23NO3. The predicted octanol–water partition coefficient (Wildman–Crippen LogP) is 3.04. The lowest BCUT2D eigenvalue weighted by Crippen LogP contribution is -2.41. The molecule has 2 heterocycles. The van der Waals surface area contributed by atoms with Gasteiger partial charge in [-0.15, -0.1) is 0 Å². The second-order valence-electron chi connectivity index (χ2n) is 7.20. The Morgan fingerprint density at radius 1 is 1.26 bits per heavy atom. The van der Waals surface area contributed by atoms with Gasteiger partial charge in [0.1, 0.15) is 0 Å². The molecule has 0 atom stereocenters. The number of pyridine rings is 1. The second kappa shape index (κ2) is 5.45. The Morgan fingerprint density at radius 3 is 2.70 bits per heavy atom. The van der Waals surface area contributed by atoms with Crippen LogP contribution in [-0.2, 0) is 17.6 Å². The van der Waals surface area contributed by atoms with Crippen LogP contribution < -0.4 is 5.43 Å². The molecule has 0 unspecified atom stereocenters. The second-order valence-corrected chi connectivity index (χ2v) is 7.20. The Hall–Kier alpha value is -1.68. The molecule has 1 aliphatic heterocycles. The van der Waals surface area contributed by atoms with Gasteiger partial charge in [-0.1, -0.05) is 19.4 Å². The lowest BCUT2D eigenvalue weighted by molar-refractivity contribution is 0.0703. The van der Waals surface area contributed by atoms with Crippen molar-refractivity contribution in [2.45, 2.75) is 51.9 Å². The van der Waals surface area contributed by atoms with E-state index in [-0.39, 0.29) is 16.6 Å². The Kier molecular flexibility index (Phi) is 3.52. The maximum Gasteiger partial charge on any atom is 0.196 e. The smallest absolute Gasteiger partial charge is 0.196 e. The van der Waals surface area contributed by atoms with E-state index >= 15 is 0 Å². The molecule has 4 nitrogen and oxygen atoms in total. The first-order chi connectivity index (χ1) is 11.1. The van der Waals surface area contributed by atoms with Gasteiger partial charge in [0.25, 0.3) is 0 Å². The van der Waals surface area contributed by atoms with E-state index in [1.165, 1.54) is 6.42 Å². The topological polar surface area (TPSA) is 59.2 Å². The minimum Gasteiger partial charge on any atom is -0.377 e. The average Bonchev–Trinajstić information content (AvgIpc) is 2.53. The molecule has 2 aliphatic carbocycles. The van der Waals surface area contributed by atoms with Crippen LogP contribution in [-0.4, -0.2) is 24.0 Å². The molecule has 0 radical (unpaired) electrons. The summed E-state index contributed by atoms with van der Waals surface area (Å²) >= 11 is 0. The Labute approximate surface area is 135 Å². The van der Waals surface area contributed by atoms with E-state index in [0.29, 0.717) is 31.6 Å². The van der Waals surface area contributed by atoms with Crippen molar-refractivity contribution in [1.82, 2.24) is 4.98 Å². The fourth-order valence-electron chi connectivity index (χ4n) is 4.38. The summed E-state index contributed by atoms with van der Waals surface area (Å²) in [5.74, 6) is 0.0504. The molecule has 4 rings (SSSR count). The quantitative estimate of drug-likeness (QED) is 0.913. The number of hydrogen-bond acceptors (Lipinski definition) is 3. The first-order valence-electron chi connectivity index (χ1n) is 8.72. The molecule has 0 aromatic carbocycles. The number of rotatable bonds is 2. The van der Waals surface area contributed by atoms with E-state index in [2.05, 4.69) is 11.1 Å². The molecule has 1 saturated carbocycles. The highest BCUT2D eigenvalue weighted by molar-refractivity contribution is 5.99. The summed E-state index contributed by atoms with van der Waals surface area (Å²) in [5.41, 5.74) is 4.28. The predicted molar refractivity (Wildman–Crippen MR) is 88.8 cm³/mol. The number of carbonyl (C=O) groups excluding carboxylic acids is 1. The first kappa shape index (κ1) is 14.9. The zero-order valence-corrected chi connectivity index (χ0v) is 13.7. The number of ether oxygens (including phenoxy) is 1. The molecule has 1 N–H and O–H groups in total. The van der Waals surface area contributed by atoms with Crippen LogP contribution in [0.25, 0.3) is 5.57 Å². The Bertz CT molecular complexity index is 753. The van der Waals surface area contributed by atoms with E-state index in [4.69, 9.17) is 4.74 Å². The van der Waals surface area contributed by atoms with E-state index in [0.717, 1.165) is 48.2 Å². The van der Waals surface area contributed by atoms with Crippen molar-refractivity contribution in [2.24, 2.45) is 5.41 Å². The van der Waals surface area contributed by atoms with Crippen LogP contribution in [0.2, 0.25) is 0 Å². The van der Waals surface area contributed by atoms with Crippen molar-refractivity contribution in [2.75, 3.05) is 13.2 Å². The SMILES string of the molecule is CCc1c(C2=CCOCC2)[nH]c2c(c1=O)C(=O)CC1(CCC1)C2. The maximum atomic E-state index is 12.9. The van der Waals surface area contributed by atoms with Gasteiger partial charge in [0, 0.05) is 23.4 Å². The van der Waals surface area contributed by atoms with Crippen LogP contribution in [0.3, 0.4) is 0 Å². The third-order valence-corrected chi connectivity index (χ3v) is 5.80. The largest absolute Gasteiger partial charge is 0.377 e. The van der Waals surface area contributed by atoms with Crippen LogP contribution in [0.15, 0.2) is 10.9 Å². The number of aromatic nitrogens is 1. The van der Waals surface area contributed by atoms with Gasteiger partial charge in [-0.25, -0.2) is 0 Å². The van der Waals surface area contributed by atoms with Crippen molar-refractivity contribution in [3.05, 3.63) is 38.8 Å². The highest BCUT2D eigenvalue weighted by atomic mass is 16.5. The molecule has 0 amide bonds. The number of ketones is 1. The van der Waals surface area contributed by atoms with Gasteiger partial charge >= 0.3 is 0 Å². The lowest BCUT2D eigenvalue weighted by Gasteiger charge is -2.44. The minimum absolute atomic E-state index is 0.0391. The Balaban J connectivity index is 1.87. The van der Waals surface area contributed by atoms with Crippen molar-refractivity contribution in [3.63, 3.8) is 0 Å². The Morgan fingerprint density at radius 2 is 2.09 bits per heavy atom. The molecule has 0 bridgehead atoms. The number of nitrogens with one attached hydrogen (secondary N) is 1. The van der Waals surface area contributed by atoms with E-state index in [9.17, 15) is 9.59 Å². The van der Waals surface area contributed by atoms with Crippen LogP contribution in [0.4, 0.5) is 0 Å². The van der Waals surface area contributed by atoms with Gasteiger partial charge in [-0.3, -0.25) is 9.59 Å². The van der Waals surface area contributed by atoms with Gasteiger partial charge in [-0.05, 0) is 43.1 Å². The van der Waals surface area contributed by atoms with E-state index in [1.54, 1.807) is 0 Å². The molecule has 0 saturated heterocycles. The molecule has 122 valence electrons. The van der Waals surface area contributed by atoms with Crippen LogP contribution in [0.1, 0.15) is 66.3 Å². The third kappa shape index (κ3) is 2.31. The summed E-state index contributed by atoms with van der Waals surface area (Å²) in [4.78, 5) is 29.1. The average molecular weight is 313 g/mol. The molecule has 1 aromatic rings. The third-order valence-electron chi connectivity index (χ3n) is 5.80. The highest BCUT2D eigenvalue weighted by Gasteiger charge is 2.44. The standard InChI is InChI=1S/C19H23NO3/c1-2-13-17(12-4-8-23-9-5-12)20-14-10-19(6-3-7-19)11-15(21)16(14)18(13)22/h4H,2-3,5-11H2,1H3,(H,20,22). The number of H-pyrrole nitrogens is 1. The monoisotopic (exact) mass is 313 g/mol. The fourth-order valence-corrected chi connectivity index (χ4v) is 4.38. The van der Waals surface area contributed by atoms with Crippen molar-refractivity contribution < 1.29 is 9.53 Å². The van der Waals surface area contributed by atoms with Gasteiger partial charge in [0.2, 0.25) is 0 Å². The maximum absolute atomic E-state index is 12.9. The van der Waals surface area contributed by atoms with Crippen LogP contribution in [0.5, 0.6) is 0 Å². The van der Waals surface area contributed by atoms with E-state index < -0.39 is 0 Å². The van der Waals surface area contributed by atoms with E-state index in [1.807, 2.05) is 6.92 Å². The normalized spacial score (nSPS) is 22.5. The van der Waals surface area contributed by atoms with Crippen molar-refractivity contribution >= 4 is 11.4 Å². The molecule has 23 heavy (non-hydrogen) atoms. The fraction of sp³-hybridized carbons (Fsp3) is 0.579. The summed E-state index contributed by atoms with van der Waals surface area (Å²) in [6, 6.07) is 0. The van der Waals surface area contributed by atoms with Crippen molar-refractivity contribution in [3.8, 4) is 0 Å². The minimum atomic E-state index is -0.0391. The first-order valence-corrected chi connectivity index (χ1v) is 8.72. The number of carbonyl (C=O) groups is 1. The summed E-state index contributed by atoms with van der Waals surface area (Å²) in [7, 11) is 0. The van der Waals surface area contributed by atoms with Gasteiger partial charge in [-0.2, -0.15) is 0 Å². The molecular weight excluding hydrogens is 290 g/mol. The molecule has 1 spiro atoms. The molecule has 1 aromatic heterocycles. The van der Waals surface area contributed by atoms with Crippen LogP contribution >= 0.6 is 0 Å². The van der Waals surface area contributed by atoms with Crippen molar-refractivity contribution in [1.29, 1.82) is 0 Å². The summed E-state index contributed by atoms with van der Waals surface area (Å²) < 4.78 is 5.39. The summed E-state index contributed by atoms with van der Waals surface area (Å²) in [6.45, 7) is 3.28. The number of aromatic amines is 1. The summed E-state index contributed by atoms with van der Waals surface area (Å²) in [5, 5.41) is 0. The zero-order valence-electron chi connectivity index (χ0n) is 13.7. The summed E-state index contributed by atoms with van der Waals surface area (Å²) in [6.07, 6.45) is 8.37. The zero-order chi connectivity index (χ0) is 16.0. The van der Waals surface area contributed by atoms with Gasteiger partial charge in [0.05, 0.1) is 18.8 Å². The molecule has 3 aliphatic rings. The number of hydrogen-bond donors (Lipinski definition) is 1. The van der Waals surface area contributed by atoms with Crippen LogP contribution in [0, 0.1) is 5.41 Å². The molecule has 1 fully saturated rings. The highest BCUT2D eigenvalue weighted by Crippen LogP contribution is 2.49. The lowest BCUT2D eigenvalue weighted by atomic mass is 9.60. The van der Waals surface area contributed by atoms with Gasteiger partial charge in [0.15, 0.2) is 11.2 Å². The number of fused-ring (bicyclic) bond motifs is 1. The van der Waals surface area contributed by atoms with Gasteiger partial charge < -0.3 is 9.72 Å². The number of Topliss-reactive ketones (excluding diaryl/α,β-unsaturated/α-hetero) is 1. The molecule has 4 heteroatoms.